The highest BCUT2D eigenvalue weighted by Crippen LogP contribution is 2.34. The van der Waals surface area contributed by atoms with Gasteiger partial charge >= 0.3 is 5.97 Å². The second kappa shape index (κ2) is 7.03. The summed E-state index contributed by atoms with van der Waals surface area (Å²) in [6, 6.07) is 11.4. The lowest BCUT2D eigenvalue weighted by Crippen LogP contribution is -2.06. The summed E-state index contributed by atoms with van der Waals surface area (Å²) in [6.45, 7) is 5.18. The van der Waals surface area contributed by atoms with Crippen molar-refractivity contribution in [2.45, 2.75) is 27.2 Å². The van der Waals surface area contributed by atoms with Crippen LogP contribution in [0.25, 0.3) is 10.9 Å². The second-order valence-corrected chi connectivity index (χ2v) is 6.85. The molecule has 0 radical (unpaired) electrons. The minimum absolute atomic E-state index is 0.357. The van der Waals surface area contributed by atoms with E-state index in [9.17, 15) is 4.79 Å². The molecule has 3 nitrogen and oxygen atoms in total. The molecular weight excluding hydrogens is 357 g/mol. The summed E-state index contributed by atoms with van der Waals surface area (Å²) in [5.41, 5.74) is 4.41. The van der Waals surface area contributed by atoms with Crippen LogP contribution in [0.4, 0.5) is 0 Å². The van der Waals surface area contributed by atoms with Crippen molar-refractivity contribution in [3.05, 3.63) is 68.8 Å². The Morgan fingerprint density at radius 3 is 2.44 bits per heavy atom. The van der Waals surface area contributed by atoms with Crippen molar-refractivity contribution in [1.29, 1.82) is 0 Å². The van der Waals surface area contributed by atoms with E-state index in [0.29, 0.717) is 27.7 Å². The summed E-state index contributed by atoms with van der Waals surface area (Å²) in [7, 11) is 0. The van der Waals surface area contributed by atoms with E-state index >= 15 is 0 Å². The Morgan fingerprint density at radius 2 is 1.80 bits per heavy atom. The van der Waals surface area contributed by atoms with Gasteiger partial charge in [-0.1, -0.05) is 35.3 Å². The van der Waals surface area contributed by atoms with E-state index < -0.39 is 0 Å². The van der Waals surface area contributed by atoms with Gasteiger partial charge < -0.3 is 4.74 Å². The van der Waals surface area contributed by atoms with Crippen molar-refractivity contribution >= 4 is 40.1 Å². The molecule has 128 valence electrons. The van der Waals surface area contributed by atoms with Gasteiger partial charge in [0.05, 0.1) is 5.52 Å². The molecule has 0 unspecified atom stereocenters. The first-order chi connectivity index (χ1) is 11.8. The molecular formula is C20H17Cl2NO2. The fourth-order valence-electron chi connectivity index (χ4n) is 2.75. The van der Waals surface area contributed by atoms with Gasteiger partial charge in [0, 0.05) is 33.6 Å². The molecule has 0 bridgehead atoms. The van der Waals surface area contributed by atoms with Gasteiger partial charge in [-0.05, 0) is 55.7 Å². The van der Waals surface area contributed by atoms with Crippen molar-refractivity contribution in [1.82, 2.24) is 4.98 Å². The molecule has 0 fully saturated rings. The molecule has 1 heterocycles. The number of hydrogen-bond acceptors (Lipinski definition) is 3. The summed E-state index contributed by atoms with van der Waals surface area (Å²) >= 11 is 12.4. The molecule has 2 aromatic carbocycles. The zero-order valence-electron chi connectivity index (χ0n) is 14.2. The number of aromatic nitrogens is 1. The predicted molar refractivity (Wildman–Crippen MR) is 102 cm³/mol. The molecule has 0 aliphatic carbocycles. The molecule has 1 aromatic heterocycles. The lowest BCUT2D eigenvalue weighted by Gasteiger charge is -2.14. The number of fused-ring (bicyclic) bond motifs is 1. The maximum atomic E-state index is 11.5. The Hall–Kier alpha value is -2.10. The summed E-state index contributed by atoms with van der Waals surface area (Å²) in [5.74, 6) is 0.188. The van der Waals surface area contributed by atoms with E-state index in [2.05, 4.69) is 4.98 Å². The third kappa shape index (κ3) is 3.78. The van der Waals surface area contributed by atoms with Crippen LogP contribution in [0.1, 0.15) is 29.3 Å². The Kier molecular flexibility index (Phi) is 4.98. The molecule has 3 rings (SSSR count). The Bertz CT molecular complexity index is 966. The van der Waals surface area contributed by atoms with Gasteiger partial charge in [-0.25, -0.2) is 0 Å². The number of nitrogens with zero attached hydrogens (tertiary/aromatic N) is 1. The normalized spacial score (nSPS) is 10.9. The zero-order valence-corrected chi connectivity index (χ0v) is 15.7. The lowest BCUT2D eigenvalue weighted by atomic mass is 10.0. The molecule has 0 amide bonds. The first-order valence-electron chi connectivity index (χ1n) is 7.87. The van der Waals surface area contributed by atoms with E-state index in [1.54, 1.807) is 0 Å². The van der Waals surface area contributed by atoms with Crippen molar-refractivity contribution in [2.24, 2.45) is 0 Å². The minimum Gasteiger partial charge on any atom is -0.426 e. The van der Waals surface area contributed by atoms with Crippen LogP contribution in [0, 0.1) is 13.8 Å². The van der Waals surface area contributed by atoms with Crippen LogP contribution in [0.15, 0.2) is 36.4 Å². The van der Waals surface area contributed by atoms with Crippen molar-refractivity contribution in [3.63, 3.8) is 0 Å². The number of carbonyl (C=O) groups is 1. The van der Waals surface area contributed by atoms with Crippen LogP contribution >= 0.6 is 23.2 Å². The Labute approximate surface area is 156 Å². The predicted octanol–water partition coefficient (Wildman–Crippen LogP) is 5.67. The number of benzene rings is 2. The van der Waals surface area contributed by atoms with Crippen LogP contribution in [0.2, 0.25) is 10.0 Å². The minimum atomic E-state index is -0.357. The highest BCUT2D eigenvalue weighted by atomic mass is 35.5. The molecule has 0 aliphatic rings. The Balaban J connectivity index is 2.14. The van der Waals surface area contributed by atoms with Gasteiger partial charge in [-0.3, -0.25) is 9.78 Å². The van der Waals surface area contributed by atoms with E-state index in [1.165, 1.54) is 6.92 Å². The maximum Gasteiger partial charge on any atom is 0.308 e. The van der Waals surface area contributed by atoms with Crippen LogP contribution < -0.4 is 4.74 Å². The molecule has 3 aromatic rings. The number of hydrogen-bond donors (Lipinski definition) is 0. The number of aryl methyl sites for hydroxylation is 1. The molecule has 0 N–H and O–H groups in total. The quantitative estimate of drug-likeness (QED) is 0.554. The number of esters is 1. The molecule has 0 aliphatic heterocycles. The van der Waals surface area contributed by atoms with Crippen LogP contribution in [0.5, 0.6) is 5.75 Å². The summed E-state index contributed by atoms with van der Waals surface area (Å²) in [4.78, 5) is 16.1. The van der Waals surface area contributed by atoms with Crippen LogP contribution in [0.3, 0.4) is 0 Å². The molecule has 0 atom stereocenters. The monoisotopic (exact) mass is 373 g/mol. The first kappa shape index (κ1) is 17.7. The number of halogens is 2. The van der Waals surface area contributed by atoms with Crippen LogP contribution in [-0.4, -0.2) is 11.0 Å². The standard InChI is InChI=1S/C20H17Cl2NO2/c1-11-12(2)23-19-10-18(22)15(8-14-4-6-16(21)7-5-14)9-17(19)20(11)25-13(3)24/h4-7,9-10H,8H2,1-3H3. The van der Waals surface area contributed by atoms with E-state index in [1.807, 2.05) is 50.2 Å². The zero-order chi connectivity index (χ0) is 18.1. The number of pyridine rings is 1. The van der Waals surface area contributed by atoms with Gasteiger partial charge in [0.2, 0.25) is 0 Å². The highest BCUT2D eigenvalue weighted by Gasteiger charge is 2.15. The summed E-state index contributed by atoms with van der Waals surface area (Å²) < 4.78 is 5.46. The topological polar surface area (TPSA) is 39.2 Å². The Morgan fingerprint density at radius 1 is 1.12 bits per heavy atom. The molecule has 0 saturated heterocycles. The molecule has 5 heteroatoms. The molecule has 0 saturated carbocycles. The fraction of sp³-hybridized carbons (Fsp3) is 0.200. The van der Waals surface area contributed by atoms with E-state index in [4.69, 9.17) is 27.9 Å². The average Bonchev–Trinajstić information content (AvgIpc) is 2.55. The van der Waals surface area contributed by atoms with E-state index in [0.717, 1.165) is 27.8 Å². The van der Waals surface area contributed by atoms with Gasteiger partial charge in [0.15, 0.2) is 0 Å². The largest absolute Gasteiger partial charge is 0.426 e. The second-order valence-electron chi connectivity index (χ2n) is 6.01. The van der Waals surface area contributed by atoms with E-state index in [-0.39, 0.29) is 5.97 Å². The SMILES string of the molecule is CC(=O)Oc1c(C)c(C)nc2cc(Cl)c(Cc3ccc(Cl)cc3)cc12. The number of rotatable bonds is 3. The fourth-order valence-corrected chi connectivity index (χ4v) is 3.10. The van der Waals surface area contributed by atoms with Crippen LogP contribution in [-0.2, 0) is 11.2 Å². The average molecular weight is 374 g/mol. The lowest BCUT2D eigenvalue weighted by molar-refractivity contribution is -0.131. The van der Waals surface area contributed by atoms with Gasteiger partial charge in [-0.15, -0.1) is 0 Å². The molecule has 0 spiro atoms. The maximum absolute atomic E-state index is 11.5. The van der Waals surface area contributed by atoms with Gasteiger partial charge in [-0.2, -0.15) is 0 Å². The smallest absolute Gasteiger partial charge is 0.308 e. The number of carbonyl (C=O) groups excluding carboxylic acids is 1. The number of ether oxygens (including phenoxy) is 1. The van der Waals surface area contributed by atoms with Crippen molar-refractivity contribution in [3.8, 4) is 5.75 Å². The van der Waals surface area contributed by atoms with Gasteiger partial charge in [0.25, 0.3) is 0 Å². The summed E-state index contributed by atoms with van der Waals surface area (Å²) in [6.07, 6.45) is 0.651. The highest BCUT2D eigenvalue weighted by molar-refractivity contribution is 6.32. The molecule has 25 heavy (non-hydrogen) atoms. The summed E-state index contributed by atoms with van der Waals surface area (Å²) in [5, 5.41) is 2.11. The third-order valence-corrected chi connectivity index (χ3v) is 4.74. The van der Waals surface area contributed by atoms with Gasteiger partial charge in [0.1, 0.15) is 5.75 Å². The third-order valence-electron chi connectivity index (χ3n) is 4.13. The van der Waals surface area contributed by atoms with Crippen molar-refractivity contribution < 1.29 is 9.53 Å². The first-order valence-corrected chi connectivity index (χ1v) is 8.63. The van der Waals surface area contributed by atoms with Crippen molar-refractivity contribution in [2.75, 3.05) is 0 Å².